The Bertz CT molecular complexity index is 526. The first-order chi connectivity index (χ1) is 9.03. The second-order valence-electron chi connectivity index (χ2n) is 6.49. The summed E-state index contributed by atoms with van der Waals surface area (Å²) in [5, 5.41) is 3.07. The van der Waals surface area contributed by atoms with E-state index >= 15 is 0 Å². The zero-order valence-electron chi connectivity index (χ0n) is 12.2. The van der Waals surface area contributed by atoms with E-state index in [9.17, 15) is 4.79 Å². The molecular weight excluding hydrogens is 234 g/mol. The third-order valence-electron chi connectivity index (χ3n) is 5.08. The number of hydrogen-bond acceptors (Lipinski definition) is 1. The van der Waals surface area contributed by atoms with Crippen LogP contribution in [0.25, 0.3) is 0 Å². The van der Waals surface area contributed by atoms with Crippen molar-refractivity contribution >= 4 is 11.6 Å². The van der Waals surface area contributed by atoms with Crippen molar-refractivity contribution in [2.45, 2.75) is 64.2 Å². The van der Waals surface area contributed by atoms with E-state index in [-0.39, 0.29) is 5.91 Å². The summed E-state index contributed by atoms with van der Waals surface area (Å²) in [5.41, 5.74) is 5.62. The lowest BCUT2D eigenvalue weighted by molar-refractivity contribution is -0.114. The number of carbonyl (C=O) groups is 1. The molecule has 1 fully saturated rings. The van der Waals surface area contributed by atoms with Gasteiger partial charge in [0.05, 0.1) is 0 Å². The van der Waals surface area contributed by atoms with Gasteiger partial charge in [0.1, 0.15) is 0 Å². The summed E-state index contributed by atoms with van der Waals surface area (Å²) in [5.74, 6) is 0.603. The molecule has 1 spiro atoms. The van der Waals surface area contributed by atoms with Crippen LogP contribution in [0, 0.1) is 6.92 Å². The van der Waals surface area contributed by atoms with Gasteiger partial charge in [0, 0.05) is 12.6 Å². The van der Waals surface area contributed by atoms with E-state index in [0.717, 1.165) is 5.69 Å². The van der Waals surface area contributed by atoms with E-state index < -0.39 is 0 Å². The number of hydrogen-bond donors (Lipinski definition) is 1. The maximum atomic E-state index is 11.5. The van der Waals surface area contributed by atoms with E-state index in [1.807, 2.05) is 0 Å². The summed E-state index contributed by atoms with van der Waals surface area (Å²) in [7, 11) is 0. The van der Waals surface area contributed by atoms with Gasteiger partial charge >= 0.3 is 0 Å². The molecule has 0 bridgehead atoms. The monoisotopic (exact) mass is 257 g/mol. The summed E-state index contributed by atoms with van der Waals surface area (Å²) >= 11 is 0. The zero-order valence-corrected chi connectivity index (χ0v) is 12.2. The van der Waals surface area contributed by atoms with Crippen LogP contribution in [0.3, 0.4) is 0 Å². The standard InChI is InChI=1S/C17H23NO/c1-11-6-7-14-15(16(11)18-13(3)19)12(2)10-17(14)8-4-5-9-17/h6-7,12H,4-5,8-10H2,1-3H3,(H,18,19). The number of nitrogens with one attached hydrogen (secondary N) is 1. The highest BCUT2D eigenvalue weighted by molar-refractivity contribution is 5.91. The molecule has 1 amide bonds. The van der Waals surface area contributed by atoms with Crippen molar-refractivity contribution in [3.63, 3.8) is 0 Å². The average molecular weight is 257 g/mol. The maximum Gasteiger partial charge on any atom is 0.221 e. The predicted molar refractivity (Wildman–Crippen MR) is 78.7 cm³/mol. The molecule has 3 rings (SSSR count). The Balaban J connectivity index is 2.14. The van der Waals surface area contributed by atoms with Gasteiger partial charge in [0.2, 0.25) is 5.91 Å². The van der Waals surface area contributed by atoms with Crippen molar-refractivity contribution in [2.24, 2.45) is 0 Å². The minimum Gasteiger partial charge on any atom is -0.326 e. The lowest BCUT2D eigenvalue weighted by atomic mass is 9.79. The molecule has 1 saturated carbocycles. The van der Waals surface area contributed by atoms with Gasteiger partial charge < -0.3 is 5.32 Å². The number of rotatable bonds is 1. The second-order valence-corrected chi connectivity index (χ2v) is 6.49. The van der Waals surface area contributed by atoms with Gasteiger partial charge in [0.15, 0.2) is 0 Å². The fourth-order valence-electron chi connectivity index (χ4n) is 4.37. The van der Waals surface area contributed by atoms with Gasteiger partial charge in [-0.15, -0.1) is 0 Å². The summed E-state index contributed by atoms with van der Waals surface area (Å²) in [4.78, 5) is 11.5. The van der Waals surface area contributed by atoms with Crippen LogP contribution in [0.5, 0.6) is 0 Å². The average Bonchev–Trinajstić information content (AvgIpc) is 2.90. The van der Waals surface area contributed by atoms with Gasteiger partial charge in [-0.05, 0) is 54.2 Å². The second kappa shape index (κ2) is 4.36. The van der Waals surface area contributed by atoms with E-state index in [2.05, 4.69) is 31.3 Å². The van der Waals surface area contributed by atoms with Gasteiger partial charge in [-0.1, -0.05) is 31.9 Å². The summed E-state index contributed by atoms with van der Waals surface area (Å²) < 4.78 is 0. The molecule has 2 aliphatic rings. The highest BCUT2D eigenvalue weighted by Gasteiger charge is 2.45. The third kappa shape index (κ3) is 1.89. The number of benzene rings is 1. The van der Waals surface area contributed by atoms with Crippen molar-refractivity contribution in [1.29, 1.82) is 0 Å². The first-order valence-electron chi connectivity index (χ1n) is 7.45. The van der Waals surface area contributed by atoms with Gasteiger partial charge in [0.25, 0.3) is 0 Å². The topological polar surface area (TPSA) is 29.1 Å². The van der Waals surface area contributed by atoms with E-state index in [4.69, 9.17) is 0 Å². The molecule has 1 aromatic carbocycles. The lowest BCUT2D eigenvalue weighted by Gasteiger charge is -2.25. The normalized spacial score (nSPS) is 23.6. The van der Waals surface area contributed by atoms with Crippen molar-refractivity contribution in [3.8, 4) is 0 Å². The molecule has 0 saturated heterocycles. The molecular formula is C17H23NO. The van der Waals surface area contributed by atoms with Crippen LogP contribution in [0.1, 0.15) is 68.6 Å². The highest BCUT2D eigenvalue weighted by atomic mass is 16.1. The smallest absolute Gasteiger partial charge is 0.221 e. The van der Waals surface area contributed by atoms with Crippen LogP contribution in [0.2, 0.25) is 0 Å². The van der Waals surface area contributed by atoms with Gasteiger partial charge in [-0.3, -0.25) is 4.79 Å². The summed E-state index contributed by atoms with van der Waals surface area (Å²) in [6, 6.07) is 4.51. The van der Waals surface area contributed by atoms with Crippen LogP contribution in [0.15, 0.2) is 12.1 Å². The minimum atomic E-state index is 0.0380. The van der Waals surface area contributed by atoms with Crippen molar-refractivity contribution in [1.82, 2.24) is 0 Å². The molecule has 1 N–H and O–H groups in total. The van der Waals surface area contributed by atoms with Gasteiger partial charge in [-0.25, -0.2) is 0 Å². The lowest BCUT2D eigenvalue weighted by Crippen LogP contribution is -2.18. The number of amides is 1. The zero-order chi connectivity index (χ0) is 13.6. The van der Waals surface area contributed by atoms with E-state index in [1.54, 1.807) is 6.92 Å². The molecule has 0 aromatic heterocycles. The molecule has 2 nitrogen and oxygen atoms in total. The van der Waals surface area contributed by atoms with Crippen LogP contribution in [0.4, 0.5) is 5.69 Å². The molecule has 1 atom stereocenters. The van der Waals surface area contributed by atoms with E-state index in [0.29, 0.717) is 11.3 Å². The van der Waals surface area contributed by atoms with Crippen molar-refractivity contribution < 1.29 is 4.79 Å². The van der Waals surface area contributed by atoms with Gasteiger partial charge in [-0.2, -0.15) is 0 Å². The number of fused-ring (bicyclic) bond motifs is 2. The predicted octanol–water partition coefficient (Wildman–Crippen LogP) is 4.27. The largest absolute Gasteiger partial charge is 0.326 e. The van der Waals surface area contributed by atoms with Crippen molar-refractivity contribution in [2.75, 3.05) is 5.32 Å². The molecule has 0 radical (unpaired) electrons. The Morgan fingerprint density at radius 3 is 2.63 bits per heavy atom. The third-order valence-corrected chi connectivity index (χ3v) is 5.08. The Kier molecular flexibility index (Phi) is 2.92. The molecule has 0 heterocycles. The molecule has 2 aliphatic carbocycles. The quantitative estimate of drug-likeness (QED) is 0.799. The summed E-state index contributed by atoms with van der Waals surface area (Å²) in [6.07, 6.45) is 6.63. The van der Waals surface area contributed by atoms with E-state index in [1.165, 1.54) is 48.8 Å². The van der Waals surface area contributed by atoms with Crippen LogP contribution in [-0.4, -0.2) is 5.91 Å². The fourth-order valence-corrected chi connectivity index (χ4v) is 4.37. The van der Waals surface area contributed by atoms with Crippen LogP contribution in [-0.2, 0) is 10.2 Å². The Morgan fingerprint density at radius 2 is 2.00 bits per heavy atom. The molecule has 2 heteroatoms. The molecule has 1 aromatic rings. The molecule has 102 valence electrons. The summed E-state index contributed by atoms with van der Waals surface area (Å²) in [6.45, 7) is 6.01. The first kappa shape index (κ1) is 12.7. The Morgan fingerprint density at radius 1 is 1.32 bits per heavy atom. The minimum absolute atomic E-state index is 0.0380. The maximum absolute atomic E-state index is 11.5. The Labute approximate surface area is 115 Å². The first-order valence-corrected chi connectivity index (χ1v) is 7.45. The highest BCUT2D eigenvalue weighted by Crippen LogP contribution is 2.56. The fraction of sp³-hybridized carbons (Fsp3) is 0.588. The number of anilines is 1. The molecule has 1 unspecified atom stereocenters. The van der Waals surface area contributed by atoms with Crippen LogP contribution < -0.4 is 5.32 Å². The molecule has 0 aliphatic heterocycles. The Hall–Kier alpha value is -1.31. The molecule has 19 heavy (non-hydrogen) atoms. The van der Waals surface area contributed by atoms with Crippen LogP contribution >= 0.6 is 0 Å². The number of carbonyl (C=O) groups excluding carboxylic acids is 1. The van der Waals surface area contributed by atoms with Crippen molar-refractivity contribution in [3.05, 3.63) is 28.8 Å². The SMILES string of the molecule is CC(=O)Nc1c(C)ccc2c1C(C)CC21CCCC1. The number of aryl methyl sites for hydroxylation is 1.